The summed E-state index contributed by atoms with van der Waals surface area (Å²) in [7, 11) is -4.18. The molecule has 0 fully saturated rings. The molecule has 11 heteroatoms. The predicted octanol–water partition coefficient (Wildman–Crippen LogP) is 5.40. The quantitative estimate of drug-likeness (QED) is 0.347. The van der Waals surface area contributed by atoms with Crippen molar-refractivity contribution in [1.82, 2.24) is 10.2 Å². The molecule has 37 heavy (non-hydrogen) atoms. The normalized spacial score (nSPS) is 12.0. The smallest absolute Gasteiger partial charge is 0.264 e. The molecule has 0 unspecified atom stereocenters. The van der Waals surface area contributed by atoms with Gasteiger partial charge in [-0.05, 0) is 61.9 Å². The third-order valence-electron chi connectivity index (χ3n) is 5.59. The maximum Gasteiger partial charge on any atom is 0.264 e. The Bertz CT molecular complexity index is 1350. The Labute approximate surface area is 232 Å². The van der Waals surface area contributed by atoms with Gasteiger partial charge in [-0.1, -0.05) is 65.1 Å². The first-order chi connectivity index (χ1) is 17.5. The molecule has 0 aliphatic heterocycles. The van der Waals surface area contributed by atoms with E-state index in [0.29, 0.717) is 11.6 Å². The Morgan fingerprint density at radius 3 is 2.16 bits per heavy atom. The van der Waals surface area contributed by atoms with Crippen molar-refractivity contribution in [3.05, 3.63) is 93.4 Å². The molecule has 0 spiro atoms. The van der Waals surface area contributed by atoms with Gasteiger partial charge in [0.2, 0.25) is 11.8 Å². The number of nitrogens with one attached hydrogen (secondary N) is 1. The van der Waals surface area contributed by atoms with Crippen molar-refractivity contribution >= 4 is 62.3 Å². The fraction of sp³-hybridized carbons (Fsp3) is 0.231. The number of benzene rings is 3. The number of nitrogens with zero attached hydrogens (tertiary/aromatic N) is 2. The van der Waals surface area contributed by atoms with Crippen molar-refractivity contribution in [3.63, 3.8) is 0 Å². The highest BCUT2D eigenvalue weighted by molar-refractivity contribution is 7.92. The zero-order valence-electron chi connectivity index (χ0n) is 20.2. The minimum absolute atomic E-state index is 0.00472. The second-order valence-electron chi connectivity index (χ2n) is 8.14. The molecule has 196 valence electrons. The highest BCUT2D eigenvalue weighted by Crippen LogP contribution is 2.31. The van der Waals surface area contributed by atoms with Crippen LogP contribution in [0.5, 0.6) is 0 Å². The van der Waals surface area contributed by atoms with Gasteiger partial charge in [-0.2, -0.15) is 0 Å². The molecule has 0 aliphatic rings. The zero-order chi connectivity index (χ0) is 27.2. The van der Waals surface area contributed by atoms with Crippen molar-refractivity contribution in [3.8, 4) is 0 Å². The molecule has 0 saturated carbocycles. The molecule has 1 N–H and O–H groups in total. The Balaban J connectivity index is 2.03. The van der Waals surface area contributed by atoms with Crippen LogP contribution in [0.4, 0.5) is 5.69 Å². The summed E-state index contributed by atoms with van der Waals surface area (Å²) in [6.45, 7) is 3.23. The van der Waals surface area contributed by atoms with Gasteiger partial charge < -0.3 is 10.2 Å². The molecule has 3 rings (SSSR count). The minimum Gasteiger partial charge on any atom is -0.355 e. The van der Waals surface area contributed by atoms with Gasteiger partial charge in [0.05, 0.1) is 20.6 Å². The lowest BCUT2D eigenvalue weighted by Gasteiger charge is -2.32. The van der Waals surface area contributed by atoms with Crippen LogP contribution >= 0.6 is 34.8 Å². The number of amides is 2. The largest absolute Gasteiger partial charge is 0.355 e. The van der Waals surface area contributed by atoms with E-state index < -0.39 is 28.5 Å². The third kappa shape index (κ3) is 7.17. The number of hydrogen-bond acceptors (Lipinski definition) is 4. The van der Waals surface area contributed by atoms with E-state index in [1.807, 2.05) is 0 Å². The van der Waals surface area contributed by atoms with E-state index in [-0.39, 0.29) is 33.1 Å². The van der Waals surface area contributed by atoms with Crippen LogP contribution in [0.2, 0.25) is 15.1 Å². The molecule has 0 radical (unpaired) electrons. The monoisotopic (exact) mass is 581 g/mol. The molecule has 0 heterocycles. The van der Waals surface area contributed by atoms with Gasteiger partial charge in [0, 0.05) is 18.1 Å². The average molecular weight is 583 g/mol. The number of rotatable bonds is 10. The lowest BCUT2D eigenvalue weighted by molar-refractivity contribution is -0.139. The number of carbonyl (C=O) groups is 2. The van der Waals surface area contributed by atoms with E-state index in [2.05, 4.69) is 5.32 Å². The lowest BCUT2D eigenvalue weighted by atomic mass is 10.1. The van der Waals surface area contributed by atoms with Crippen LogP contribution in [0, 0.1) is 0 Å². The van der Waals surface area contributed by atoms with Crippen molar-refractivity contribution in [2.24, 2.45) is 0 Å². The number of carbonyl (C=O) groups excluding carboxylic acids is 2. The molecule has 7 nitrogen and oxygen atoms in total. The minimum atomic E-state index is -4.18. The van der Waals surface area contributed by atoms with Crippen molar-refractivity contribution < 1.29 is 18.0 Å². The Hall–Kier alpha value is -2.78. The fourth-order valence-electron chi connectivity index (χ4n) is 3.58. The number of sulfonamides is 1. The average Bonchev–Trinajstić information content (AvgIpc) is 2.88. The van der Waals surface area contributed by atoms with E-state index in [1.165, 1.54) is 35.2 Å². The van der Waals surface area contributed by atoms with Crippen LogP contribution < -0.4 is 9.62 Å². The van der Waals surface area contributed by atoms with Crippen LogP contribution in [-0.4, -0.2) is 44.3 Å². The van der Waals surface area contributed by atoms with Gasteiger partial charge in [-0.3, -0.25) is 13.9 Å². The maximum absolute atomic E-state index is 13.7. The molecule has 0 saturated heterocycles. The lowest BCUT2D eigenvalue weighted by Crippen LogP contribution is -2.51. The van der Waals surface area contributed by atoms with E-state index in [1.54, 1.807) is 56.3 Å². The molecule has 0 bridgehead atoms. The summed E-state index contributed by atoms with van der Waals surface area (Å²) in [5.41, 5.74) is 0.879. The van der Waals surface area contributed by atoms with E-state index in [4.69, 9.17) is 34.8 Å². The summed E-state index contributed by atoms with van der Waals surface area (Å²) in [5.74, 6) is -0.948. The SMILES string of the molecule is CCNC(=O)[C@@H](C)N(Cc1ccc(Cl)cc1)C(=O)CN(c1ccc(Cl)c(Cl)c1)S(=O)(=O)c1ccccc1. The first-order valence-electron chi connectivity index (χ1n) is 11.4. The van der Waals surface area contributed by atoms with Crippen LogP contribution in [0.3, 0.4) is 0 Å². The molecule has 0 aromatic heterocycles. The first-order valence-corrected chi connectivity index (χ1v) is 14.0. The van der Waals surface area contributed by atoms with Crippen molar-refractivity contribution in [1.29, 1.82) is 0 Å². The van der Waals surface area contributed by atoms with Crippen LogP contribution in [0.15, 0.2) is 77.7 Å². The van der Waals surface area contributed by atoms with Gasteiger partial charge in [0.1, 0.15) is 12.6 Å². The second-order valence-corrected chi connectivity index (χ2v) is 11.3. The van der Waals surface area contributed by atoms with Gasteiger partial charge >= 0.3 is 0 Å². The van der Waals surface area contributed by atoms with E-state index in [9.17, 15) is 18.0 Å². The molecule has 1 atom stereocenters. The van der Waals surface area contributed by atoms with Crippen molar-refractivity contribution in [2.45, 2.75) is 31.3 Å². The summed E-state index contributed by atoms with van der Waals surface area (Å²) in [6.07, 6.45) is 0. The summed E-state index contributed by atoms with van der Waals surface area (Å²) in [5, 5.41) is 3.61. The Kier molecular flexibility index (Phi) is 9.84. The molecule has 2 amide bonds. The van der Waals surface area contributed by atoms with Gasteiger partial charge in [0.15, 0.2) is 0 Å². The van der Waals surface area contributed by atoms with E-state index >= 15 is 0 Å². The molecular weight excluding hydrogens is 557 g/mol. The van der Waals surface area contributed by atoms with Crippen LogP contribution in [-0.2, 0) is 26.2 Å². The summed E-state index contributed by atoms with van der Waals surface area (Å²) < 4.78 is 28.3. The van der Waals surface area contributed by atoms with E-state index in [0.717, 1.165) is 9.87 Å². The Morgan fingerprint density at radius 2 is 1.57 bits per heavy atom. The molecule has 3 aromatic rings. The molecular formula is C26H26Cl3N3O4S. The van der Waals surface area contributed by atoms with Crippen LogP contribution in [0.1, 0.15) is 19.4 Å². The fourth-order valence-corrected chi connectivity index (χ4v) is 5.43. The molecule has 0 aliphatic carbocycles. The molecule has 3 aromatic carbocycles. The Morgan fingerprint density at radius 1 is 0.919 bits per heavy atom. The second kappa shape index (κ2) is 12.6. The number of anilines is 1. The topological polar surface area (TPSA) is 86.8 Å². The summed E-state index contributed by atoms with van der Waals surface area (Å²) >= 11 is 18.2. The zero-order valence-corrected chi connectivity index (χ0v) is 23.3. The number of hydrogen-bond donors (Lipinski definition) is 1. The number of halogens is 3. The number of likely N-dealkylation sites (N-methyl/N-ethyl adjacent to an activating group) is 1. The standard InChI is InChI=1S/C26H26Cl3N3O4S/c1-3-30-26(34)18(2)31(16-19-9-11-20(27)12-10-19)25(33)17-32(21-13-14-23(28)24(29)15-21)37(35,36)22-7-5-4-6-8-22/h4-15,18H,3,16-17H2,1-2H3,(H,30,34)/t18-/m1/s1. The summed E-state index contributed by atoms with van der Waals surface area (Å²) in [6, 6.07) is 18.0. The first kappa shape index (κ1) is 28.8. The highest BCUT2D eigenvalue weighted by atomic mass is 35.5. The third-order valence-corrected chi connectivity index (χ3v) is 8.36. The van der Waals surface area contributed by atoms with Crippen LogP contribution in [0.25, 0.3) is 0 Å². The van der Waals surface area contributed by atoms with Gasteiger partial charge in [0.25, 0.3) is 10.0 Å². The maximum atomic E-state index is 13.7. The van der Waals surface area contributed by atoms with Gasteiger partial charge in [-0.25, -0.2) is 8.42 Å². The highest BCUT2D eigenvalue weighted by Gasteiger charge is 2.32. The van der Waals surface area contributed by atoms with Gasteiger partial charge in [-0.15, -0.1) is 0 Å². The van der Waals surface area contributed by atoms with Crippen molar-refractivity contribution in [2.75, 3.05) is 17.4 Å². The predicted molar refractivity (Wildman–Crippen MR) is 148 cm³/mol. The summed E-state index contributed by atoms with van der Waals surface area (Å²) in [4.78, 5) is 27.8.